The van der Waals surface area contributed by atoms with Gasteiger partial charge < -0.3 is 14.2 Å². The number of ether oxygens (including phenoxy) is 3. The molecule has 2 aromatic carbocycles. The molecule has 0 unspecified atom stereocenters. The first-order chi connectivity index (χ1) is 22.5. The van der Waals surface area contributed by atoms with E-state index < -0.39 is 5.97 Å². The van der Waals surface area contributed by atoms with Crippen LogP contribution in [0, 0.1) is 0 Å². The Morgan fingerprint density at radius 2 is 1.26 bits per heavy atom. The van der Waals surface area contributed by atoms with Crippen molar-refractivity contribution in [2.45, 2.75) is 110 Å². The zero-order valence-electron chi connectivity index (χ0n) is 28.1. The minimum atomic E-state index is -0.396. The molecule has 0 N–H and O–H groups in total. The number of aryl methyl sites for hydroxylation is 1. The molecule has 0 saturated heterocycles. The van der Waals surface area contributed by atoms with E-state index in [1.165, 1.54) is 69.8 Å². The molecule has 1 aromatic heterocycles. The zero-order chi connectivity index (χ0) is 32.8. The lowest BCUT2D eigenvalue weighted by molar-refractivity contribution is -0.139. The summed E-state index contributed by atoms with van der Waals surface area (Å²) in [4.78, 5) is 28.7. The van der Waals surface area contributed by atoms with Crippen LogP contribution in [0.25, 0.3) is 11.3 Å². The molecule has 1 heterocycles. The summed E-state index contributed by atoms with van der Waals surface area (Å²) >= 11 is 0. The van der Waals surface area contributed by atoms with Gasteiger partial charge in [0.05, 0.1) is 24.5 Å². The summed E-state index contributed by atoms with van der Waals surface area (Å²) in [7, 11) is 0. The molecule has 0 fully saturated rings. The van der Waals surface area contributed by atoms with Crippen molar-refractivity contribution in [3.63, 3.8) is 0 Å². The molecule has 0 saturated carbocycles. The standard InChI is InChI=1S/C40H53NO5/c1-4-5-6-12-15-18-33-19-28-38(41-31-33)34-20-26-37(27-21-34)46-40(43)35-22-24-36(25-23-35)44-29-16-13-10-8-7-9-11-14-17-30-45-39(42)32(2)3/h19-28,31H,2,4-18,29-30H2,1,3H3. The van der Waals surface area contributed by atoms with Crippen LogP contribution in [0.4, 0.5) is 0 Å². The normalized spacial score (nSPS) is 10.8. The van der Waals surface area contributed by atoms with E-state index in [0.29, 0.717) is 30.1 Å². The van der Waals surface area contributed by atoms with Crippen LogP contribution < -0.4 is 9.47 Å². The predicted octanol–water partition coefficient (Wildman–Crippen LogP) is 10.5. The highest BCUT2D eigenvalue weighted by Gasteiger charge is 2.10. The summed E-state index contributed by atoms with van der Waals surface area (Å²) in [6, 6.07) is 18.8. The highest BCUT2D eigenvalue weighted by Crippen LogP contribution is 2.23. The van der Waals surface area contributed by atoms with E-state index in [9.17, 15) is 9.59 Å². The summed E-state index contributed by atoms with van der Waals surface area (Å²) in [5.74, 6) is 0.563. The number of benzene rings is 2. The molecule has 0 amide bonds. The second-order valence-corrected chi connectivity index (χ2v) is 12.1. The third-order valence-electron chi connectivity index (χ3n) is 7.98. The molecule has 0 aliphatic rings. The summed E-state index contributed by atoms with van der Waals surface area (Å²) in [5.41, 5.74) is 4.11. The number of rotatable bonds is 23. The van der Waals surface area contributed by atoms with Crippen LogP contribution in [-0.2, 0) is 16.0 Å². The number of unbranched alkanes of at least 4 members (excludes halogenated alkanes) is 12. The molecule has 6 nitrogen and oxygen atoms in total. The molecule has 6 heteroatoms. The first-order valence-electron chi connectivity index (χ1n) is 17.3. The number of carbonyl (C=O) groups excluding carboxylic acids is 2. The number of nitrogens with zero attached hydrogens (tertiary/aromatic N) is 1. The van der Waals surface area contributed by atoms with Gasteiger partial charge in [-0.15, -0.1) is 0 Å². The highest BCUT2D eigenvalue weighted by molar-refractivity contribution is 5.91. The van der Waals surface area contributed by atoms with Gasteiger partial charge in [0.25, 0.3) is 0 Å². The number of hydrogen-bond donors (Lipinski definition) is 0. The van der Waals surface area contributed by atoms with Crippen molar-refractivity contribution in [3.05, 3.63) is 90.1 Å². The van der Waals surface area contributed by atoms with Gasteiger partial charge in [-0.25, -0.2) is 9.59 Å². The zero-order valence-corrected chi connectivity index (χ0v) is 28.1. The van der Waals surface area contributed by atoms with Crippen molar-refractivity contribution in [2.75, 3.05) is 13.2 Å². The Labute approximate surface area is 276 Å². The first-order valence-corrected chi connectivity index (χ1v) is 17.3. The van der Waals surface area contributed by atoms with Crippen LogP contribution >= 0.6 is 0 Å². The van der Waals surface area contributed by atoms with Gasteiger partial charge in [0.2, 0.25) is 0 Å². The largest absolute Gasteiger partial charge is 0.494 e. The van der Waals surface area contributed by atoms with E-state index >= 15 is 0 Å². The molecule has 0 aliphatic carbocycles. The van der Waals surface area contributed by atoms with E-state index in [-0.39, 0.29) is 5.97 Å². The minimum Gasteiger partial charge on any atom is -0.494 e. The second-order valence-electron chi connectivity index (χ2n) is 12.1. The topological polar surface area (TPSA) is 74.7 Å². The monoisotopic (exact) mass is 627 g/mol. The highest BCUT2D eigenvalue weighted by atomic mass is 16.5. The average Bonchev–Trinajstić information content (AvgIpc) is 3.07. The van der Waals surface area contributed by atoms with Crippen LogP contribution in [0.3, 0.4) is 0 Å². The fraction of sp³-hybridized carbons (Fsp3) is 0.475. The second kappa shape index (κ2) is 21.7. The Kier molecular flexibility index (Phi) is 17.3. The van der Waals surface area contributed by atoms with E-state index in [0.717, 1.165) is 49.1 Å². The van der Waals surface area contributed by atoms with Crippen LogP contribution in [0.1, 0.15) is 120 Å². The molecule has 3 aromatic rings. The van der Waals surface area contributed by atoms with E-state index in [2.05, 4.69) is 30.6 Å². The Morgan fingerprint density at radius 3 is 1.87 bits per heavy atom. The van der Waals surface area contributed by atoms with Crippen LogP contribution in [-0.4, -0.2) is 30.1 Å². The molecule has 0 atom stereocenters. The number of aromatic nitrogens is 1. The number of hydrogen-bond acceptors (Lipinski definition) is 6. The molecular weight excluding hydrogens is 574 g/mol. The Hall–Kier alpha value is -3.93. The van der Waals surface area contributed by atoms with Gasteiger partial charge in [0.15, 0.2) is 0 Å². The minimum absolute atomic E-state index is 0.294. The molecule has 3 rings (SSSR count). The number of pyridine rings is 1. The molecule has 0 aliphatic heterocycles. The molecule has 0 spiro atoms. The van der Waals surface area contributed by atoms with E-state index in [1.807, 2.05) is 30.5 Å². The van der Waals surface area contributed by atoms with Crippen LogP contribution in [0.2, 0.25) is 0 Å². The van der Waals surface area contributed by atoms with E-state index in [4.69, 9.17) is 14.2 Å². The summed E-state index contributed by atoms with van der Waals surface area (Å²) in [6.07, 6.45) is 19.6. The quantitative estimate of drug-likeness (QED) is 0.0451. The van der Waals surface area contributed by atoms with Crippen molar-refractivity contribution < 1.29 is 23.8 Å². The van der Waals surface area contributed by atoms with E-state index in [1.54, 1.807) is 31.2 Å². The maximum absolute atomic E-state index is 12.7. The lowest BCUT2D eigenvalue weighted by Crippen LogP contribution is -2.08. The fourth-order valence-electron chi connectivity index (χ4n) is 5.14. The molecule has 46 heavy (non-hydrogen) atoms. The average molecular weight is 628 g/mol. The summed E-state index contributed by atoms with van der Waals surface area (Å²) in [5, 5.41) is 0. The summed E-state index contributed by atoms with van der Waals surface area (Å²) in [6.45, 7) is 8.64. The van der Waals surface area contributed by atoms with Gasteiger partial charge in [-0.05, 0) is 92.8 Å². The maximum Gasteiger partial charge on any atom is 0.343 e. The Bertz CT molecular complexity index is 1300. The maximum atomic E-state index is 12.7. The summed E-state index contributed by atoms with van der Waals surface area (Å²) < 4.78 is 16.6. The lowest BCUT2D eigenvalue weighted by atomic mass is 10.1. The Morgan fingerprint density at radius 1 is 0.674 bits per heavy atom. The smallest absolute Gasteiger partial charge is 0.343 e. The van der Waals surface area contributed by atoms with Crippen LogP contribution in [0.15, 0.2) is 79.0 Å². The molecular formula is C40H53NO5. The van der Waals surface area contributed by atoms with Gasteiger partial charge in [0.1, 0.15) is 11.5 Å². The van der Waals surface area contributed by atoms with Gasteiger partial charge in [-0.2, -0.15) is 0 Å². The lowest BCUT2D eigenvalue weighted by Gasteiger charge is -2.08. The van der Waals surface area contributed by atoms with Crippen molar-refractivity contribution in [1.82, 2.24) is 4.98 Å². The molecule has 0 bridgehead atoms. The van der Waals surface area contributed by atoms with Crippen molar-refractivity contribution in [2.24, 2.45) is 0 Å². The third-order valence-corrected chi connectivity index (χ3v) is 7.98. The van der Waals surface area contributed by atoms with Gasteiger partial charge in [-0.1, -0.05) is 90.2 Å². The molecule has 248 valence electrons. The number of carbonyl (C=O) groups is 2. The van der Waals surface area contributed by atoms with Crippen molar-refractivity contribution >= 4 is 11.9 Å². The van der Waals surface area contributed by atoms with Gasteiger partial charge in [0, 0.05) is 17.3 Å². The fourth-order valence-corrected chi connectivity index (χ4v) is 5.14. The Balaban J connectivity index is 1.25. The third kappa shape index (κ3) is 14.4. The first kappa shape index (κ1) is 36.5. The van der Waals surface area contributed by atoms with Crippen molar-refractivity contribution in [1.29, 1.82) is 0 Å². The van der Waals surface area contributed by atoms with Gasteiger partial charge >= 0.3 is 11.9 Å². The number of esters is 2. The van der Waals surface area contributed by atoms with Crippen molar-refractivity contribution in [3.8, 4) is 22.8 Å². The SMILES string of the molecule is C=C(C)C(=O)OCCCCCCCCCCCOc1ccc(C(=O)Oc2ccc(-c3ccc(CCCCCCC)cn3)cc2)cc1. The molecule has 0 radical (unpaired) electrons. The van der Waals surface area contributed by atoms with Crippen LogP contribution in [0.5, 0.6) is 11.5 Å². The van der Waals surface area contributed by atoms with Gasteiger partial charge in [-0.3, -0.25) is 4.98 Å². The predicted molar refractivity (Wildman–Crippen MR) is 186 cm³/mol.